The number of rotatable bonds is 11. The smallest absolute Gasteiger partial charge is 0.287 e. The van der Waals surface area contributed by atoms with Crippen LogP contribution in [-0.4, -0.2) is 62.7 Å². The number of Topliss-reactive ketones (excluding diaryl/α,β-unsaturated/α-hetero) is 1. The summed E-state index contributed by atoms with van der Waals surface area (Å²) in [5, 5.41) is 14.1. The van der Waals surface area contributed by atoms with Crippen molar-refractivity contribution in [3.8, 4) is 0 Å². The molecule has 14 heteroatoms. The molecule has 0 spiro atoms. The molecular formula is C25H31N7O6S. The molecule has 0 aromatic carbocycles. The van der Waals surface area contributed by atoms with Crippen molar-refractivity contribution in [2.75, 3.05) is 12.4 Å². The number of aromatic nitrogens is 3. The van der Waals surface area contributed by atoms with E-state index < -0.39 is 35.1 Å². The number of pyridine rings is 1. The van der Waals surface area contributed by atoms with Crippen LogP contribution in [0.5, 0.6) is 0 Å². The molecule has 4 atom stereocenters. The second-order valence-corrected chi connectivity index (χ2v) is 10.7. The van der Waals surface area contributed by atoms with Gasteiger partial charge < -0.3 is 25.8 Å². The van der Waals surface area contributed by atoms with E-state index in [2.05, 4.69) is 30.9 Å². The van der Waals surface area contributed by atoms with Gasteiger partial charge in [-0.25, -0.2) is 0 Å². The molecule has 39 heavy (non-hydrogen) atoms. The van der Waals surface area contributed by atoms with E-state index in [1.165, 1.54) is 36.4 Å². The molecule has 0 aliphatic heterocycles. The van der Waals surface area contributed by atoms with Crippen LogP contribution in [0.1, 0.15) is 53.9 Å². The molecule has 2 heterocycles. The third-order valence-corrected chi connectivity index (χ3v) is 8.12. The summed E-state index contributed by atoms with van der Waals surface area (Å²) in [6, 6.07) is 1.80. The van der Waals surface area contributed by atoms with Crippen molar-refractivity contribution in [3.63, 3.8) is 0 Å². The van der Waals surface area contributed by atoms with Gasteiger partial charge in [-0.3, -0.25) is 28.8 Å². The van der Waals surface area contributed by atoms with Crippen LogP contribution >= 0.6 is 11.5 Å². The van der Waals surface area contributed by atoms with Gasteiger partial charge in [-0.1, -0.05) is 10.9 Å². The minimum atomic E-state index is -1.25. The highest BCUT2D eigenvalue weighted by Crippen LogP contribution is 2.44. The van der Waals surface area contributed by atoms with Crippen molar-refractivity contribution in [1.82, 2.24) is 30.1 Å². The molecule has 4 amide bonds. The minimum Gasteiger partial charge on any atom is -0.353 e. The van der Waals surface area contributed by atoms with E-state index in [4.69, 9.17) is 0 Å². The van der Waals surface area contributed by atoms with Crippen molar-refractivity contribution in [1.29, 1.82) is 0 Å². The van der Waals surface area contributed by atoms with Crippen molar-refractivity contribution in [2.24, 2.45) is 11.8 Å². The second-order valence-electron chi connectivity index (χ2n) is 9.95. The van der Waals surface area contributed by atoms with E-state index in [-0.39, 0.29) is 41.9 Å². The Morgan fingerprint density at radius 3 is 2.62 bits per heavy atom. The first kappa shape index (κ1) is 28.1. The average Bonchev–Trinajstić information content (AvgIpc) is 3.65. The molecule has 2 aliphatic carbocycles. The number of carbonyl (C=O) groups excluding carboxylic acids is 5. The Morgan fingerprint density at radius 2 is 1.97 bits per heavy atom. The van der Waals surface area contributed by atoms with Crippen molar-refractivity contribution < 1.29 is 24.0 Å². The molecule has 208 valence electrons. The Hall–Kier alpha value is -3.94. The summed E-state index contributed by atoms with van der Waals surface area (Å²) >= 11 is 0.846. The fraction of sp³-hybridized carbons (Fsp3) is 0.520. The fourth-order valence-electron chi connectivity index (χ4n) is 5.27. The third-order valence-electron chi connectivity index (χ3n) is 7.30. The quantitative estimate of drug-likeness (QED) is 0.282. The maximum atomic E-state index is 13.2. The first-order valence-electron chi connectivity index (χ1n) is 12.8. The maximum Gasteiger partial charge on any atom is 0.287 e. The maximum absolute atomic E-state index is 13.2. The van der Waals surface area contributed by atoms with Crippen LogP contribution in [0, 0.1) is 18.8 Å². The van der Waals surface area contributed by atoms with E-state index in [0.29, 0.717) is 17.5 Å². The van der Waals surface area contributed by atoms with Crippen LogP contribution in [0.4, 0.5) is 5.69 Å². The van der Waals surface area contributed by atoms with E-state index in [1.54, 1.807) is 6.92 Å². The predicted octanol–water partition coefficient (Wildman–Crippen LogP) is 0.145. The molecule has 0 radical (unpaired) electrons. The highest BCUT2D eigenvalue weighted by Gasteiger charge is 2.40. The number of anilines is 1. The summed E-state index contributed by atoms with van der Waals surface area (Å²) in [4.78, 5) is 75.4. The molecule has 13 nitrogen and oxygen atoms in total. The SMILES string of the molecule is CNC(=O)C(=O)CC[C@H](NC(=O)c1snnc1C)C(=O)Nc1cccn(CC(=O)N[C@@H]2C[C@@H]3CC[C@H]2C3)c1=O. The van der Waals surface area contributed by atoms with Crippen LogP contribution in [0.15, 0.2) is 23.1 Å². The highest BCUT2D eigenvalue weighted by molar-refractivity contribution is 7.08. The number of hydrogen-bond donors (Lipinski definition) is 4. The lowest BCUT2D eigenvalue weighted by molar-refractivity contribution is -0.137. The van der Waals surface area contributed by atoms with Gasteiger partial charge in [-0.05, 0) is 68.1 Å². The van der Waals surface area contributed by atoms with Crippen LogP contribution in [0.2, 0.25) is 0 Å². The predicted molar refractivity (Wildman–Crippen MR) is 141 cm³/mol. The summed E-state index contributed by atoms with van der Waals surface area (Å²) in [5.74, 6) is -2.08. The average molecular weight is 558 g/mol. The van der Waals surface area contributed by atoms with Gasteiger partial charge in [0, 0.05) is 25.7 Å². The van der Waals surface area contributed by atoms with Crippen molar-refractivity contribution in [3.05, 3.63) is 39.3 Å². The Balaban J connectivity index is 1.43. The van der Waals surface area contributed by atoms with Gasteiger partial charge in [0.15, 0.2) is 0 Å². The Morgan fingerprint density at radius 1 is 1.18 bits per heavy atom. The monoisotopic (exact) mass is 557 g/mol. The van der Waals surface area contributed by atoms with Crippen LogP contribution in [0.3, 0.4) is 0 Å². The van der Waals surface area contributed by atoms with Crippen LogP contribution in [0.25, 0.3) is 0 Å². The molecule has 2 saturated carbocycles. The molecule has 2 bridgehead atoms. The van der Waals surface area contributed by atoms with Gasteiger partial charge in [0.25, 0.3) is 17.4 Å². The number of nitrogens with one attached hydrogen (secondary N) is 4. The van der Waals surface area contributed by atoms with Gasteiger partial charge >= 0.3 is 0 Å². The first-order valence-corrected chi connectivity index (χ1v) is 13.6. The number of carbonyl (C=O) groups is 5. The third kappa shape index (κ3) is 6.74. The summed E-state index contributed by atoms with van der Waals surface area (Å²) in [6.45, 7) is 1.39. The molecule has 0 saturated heterocycles. The number of aryl methyl sites for hydroxylation is 1. The molecular weight excluding hydrogens is 526 g/mol. The normalized spacial score (nSPS) is 20.2. The Bertz CT molecular complexity index is 1340. The highest BCUT2D eigenvalue weighted by atomic mass is 32.1. The van der Waals surface area contributed by atoms with E-state index in [0.717, 1.165) is 30.8 Å². The largest absolute Gasteiger partial charge is 0.353 e. The lowest BCUT2D eigenvalue weighted by atomic mass is 9.95. The lowest BCUT2D eigenvalue weighted by Gasteiger charge is -2.23. The molecule has 4 N–H and O–H groups in total. The van der Waals surface area contributed by atoms with Gasteiger partial charge in [-0.2, -0.15) is 0 Å². The van der Waals surface area contributed by atoms with E-state index in [9.17, 15) is 28.8 Å². The van der Waals surface area contributed by atoms with E-state index in [1.807, 2.05) is 0 Å². The van der Waals surface area contributed by atoms with Gasteiger partial charge in [0.05, 0.1) is 5.69 Å². The summed E-state index contributed by atoms with van der Waals surface area (Å²) in [7, 11) is 1.31. The van der Waals surface area contributed by atoms with Crippen LogP contribution in [-0.2, 0) is 25.7 Å². The summed E-state index contributed by atoms with van der Waals surface area (Å²) < 4.78 is 4.91. The molecule has 0 unspecified atom stereocenters. The molecule has 2 aliphatic rings. The molecule has 2 fully saturated rings. The van der Waals surface area contributed by atoms with Gasteiger partial charge in [0.1, 0.15) is 23.2 Å². The van der Waals surface area contributed by atoms with Gasteiger partial charge in [0.2, 0.25) is 17.6 Å². The number of hydrogen-bond acceptors (Lipinski definition) is 9. The number of ketones is 1. The zero-order valence-corrected chi connectivity index (χ0v) is 22.5. The molecule has 4 rings (SSSR count). The number of fused-ring (bicyclic) bond motifs is 2. The second kappa shape index (κ2) is 12.3. The zero-order valence-electron chi connectivity index (χ0n) is 21.7. The topological polar surface area (TPSA) is 181 Å². The van der Waals surface area contributed by atoms with Crippen LogP contribution < -0.4 is 26.8 Å². The molecule has 2 aromatic heterocycles. The van der Waals surface area contributed by atoms with E-state index >= 15 is 0 Å². The Labute approximate surface area is 228 Å². The van der Waals surface area contributed by atoms with Crippen molar-refractivity contribution >= 4 is 46.6 Å². The lowest BCUT2D eigenvalue weighted by Crippen LogP contribution is -2.45. The van der Waals surface area contributed by atoms with Gasteiger partial charge in [-0.15, -0.1) is 5.10 Å². The number of likely N-dealkylation sites (N-methyl/N-ethyl adjacent to an activating group) is 1. The standard InChI is InChI=1S/C25H31N7O6S/c1-13-21(39-31-30-13)24(37)28-16(7-8-19(33)23(36)26-2)22(35)29-17-4-3-9-32(25(17)38)12-20(34)27-18-11-14-5-6-15(18)10-14/h3-4,9,14-16,18H,5-8,10-12H2,1-2H3,(H,26,36)(H,27,34)(H,28,37)(H,29,35)/t14-,15+,16+,18-/m1/s1. The first-order chi connectivity index (χ1) is 18.7. The van der Waals surface area contributed by atoms with Crippen molar-refractivity contribution in [2.45, 2.75) is 64.1 Å². The summed E-state index contributed by atoms with van der Waals surface area (Å²) in [5.41, 5.74) is -0.321. The number of amides is 4. The Kier molecular flexibility index (Phi) is 8.84. The summed E-state index contributed by atoms with van der Waals surface area (Å²) in [6.07, 6.45) is 5.37. The minimum absolute atomic E-state index is 0.0947. The zero-order chi connectivity index (χ0) is 28.1. The number of nitrogens with zero attached hydrogens (tertiary/aromatic N) is 3. The molecule has 2 aromatic rings. The fourth-order valence-corrected chi connectivity index (χ4v) is 5.83.